The summed E-state index contributed by atoms with van der Waals surface area (Å²) < 4.78 is 33.0. The molecule has 1 amide bonds. The number of carbonyl (C=O) groups is 1. The van der Waals surface area contributed by atoms with E-state index < -0.39 is 10.0 Å². The van der Waals surface area contributed by atoms with Gasteiger partial charge in [-0.25, -0.2) is 8.42 Å². The third-order valence-corrected chi connectivity index (χ3v) is 6.86. The first-order valence-electron chi connectivity index (χ1n) is 9.75. The van der Waals surface area contributed by atoms with Crippen LogP contribution in [-0.2, 0) is 14.8 Å². The summed E-state index contributed by atoms with van der Waals surface area (Å²) in [5.74, 6) is -0.300. The van der Waals surface area contributed by atoms with E-state index in [1.54, 1.807) is 30.5 Å². The van der Waals surface area contributed by atoms with Gasteiger partial charge in [0, 0.05) is 30.4 Å². The lowest BCUT2D eigenvalue weighted by Gasteiger charge is -2.34. The van der Waals surface area contributed by atoms with Crippen LogP contribution >= 0.6 is 0 Å². The number of anilines is 1. The number of sulfonamides is 1. The number of rotatable bonds is 4. The molecule has 2 aromatic carbocycles. The molecule has 0 spiro atoms. The van der Waals surface area contributed by atoms with Crippen LogP contribution in [0.25, 0.3) is 10.9 Å². The minimum Gasteiger partial charge on any atom is -0.373 e. The Kier molecular flexibility index (Phi) is 5.55. The van der Waals surface area contributed by atoms with E-state index in [0.717, 1.165) is 5.39 Å². The highest BCUT2D eigenvalue weighted by Gasteiger charge is 2.32. The molecule has 1 saturated heterocycles. The van der Waals surface area contributed by atoms with Gasteiger partial charge in [0.25, 0.3) is 5.91 Å². The quantitative estimate of drug-likeness (QED) is 0.693. The highest BCUT2D eigenvalue weighted by atomic mass is 32.2. The van der Waals surface area contributed by atoms with Gasteiger partial charge in [-0.3, -0.25) is 9.78 Å². The van der Waals surface area contributed by atoms with Crippen molar-refractivity contribution in [3.05, 3.63) is 66.4 Å². The lowest BCUT2D eigenvalue weighted by Crippen LogP contribution is -2.48. The molecule has 2 atom stereocenters. The predicted molar refractivity (Wildman–Crippen MR) is 115 cm³/mol. The van der Waals surface area contributed by atoms with Gasteiger partial charge < -0.3 is 10.1 Å². The van der Waals surface area contributed by atoms with Crippen molar-refractivity contribution >= 4 is 32.5 Å². The van der Waals surface area contributed by atoms with Gasteiger partial charge in [0.2, 0.25) is 10.0 Å². The van der Waals surface area contributed by atoms with Crippen molar-refractivity contribution in [1.82, 2.24) is 9.29 Å². The van der Waals surface area contributed by atoms with Gasteiger partial charge in [0.15, 0.2) is 0 Å². The number of pyridine rings is 1. The summed E-state index contributed by atoms with van der Waals surface area (Å²) in [5.41, 5.74) is 1.59. The first kappa shape index (κ1) is 20.5. The number of hydrogen-bond acceptors (Lipinski definition) is 5. The molecule has 4 rings (SSSR count). The maximum absolute atomic E-state index is 13.0. The zero-order valence-corrected chi connectivity index (χ0v) is 17.6. The molecular weight excluding hydrogens is 402 g/mol. The molecule has 0 radical (unpaired) electrons. The van der Waals surface area contributed by atoms with Crippen molar-refractivity contribution in [3.8, 4) is 0 Å². The summed E-state index contributed by atoms with van der Waals surface area (Å²) in [4.78, 5) is 17.2. The van der Waals surface area contributed by atoms with Gasteiger partial charge in [0.05, 0.1) is 28.2 Å². The van der Waals surface area contributed by atoms with Crippen LogP contribution < -0.4 is 5.32 Å². The smallest absolute Gasteiger partial charge is 0.257 e. The number of morpholine rings is 1. The first-order chi connectivity index (χ1) is 14.3. The first-order valence-corrected chi connectivity index (χ1v) is 11.2. The van der Waals surface area contributed by atoms with Crippen LogP contribution in [0.2, 0.25) is 0 Å². The average molecular weight is 426 g/mol. The monoisotopic (exact) mass is 425 g/mol. The van der Waals surface area contributed by atoms with E-state index in [-0.39, 0.29) is 23.0 Å². The Bertz CT molecular complexity index is 1160. The van der Waals surface area contributed by atoms with E-state index in [1.165, 1.54) is 16.4 Å². The Morgan fingerprint density at radius 2 is 1.70 bits per heavy atom. The van der Waals surface area contributed by atoms with E-state index in [4.69, 9.17) is 4.74 Å². The second-order valence-electron chi connectivity index (χ2n) is 7.44. The molecule has 1 fully saturated rings. The fourth-order valence-electron chi connectivity index (χ4n) is 3.67. The zero-order chi connectivity index (χ0) is 21.3. The predicted octanol–water partition coefficient (Wildman–Crippen LogP) is 3.29. The SMILES string of the molecule is C[C@@H]1CN(S(=O)(=O)c2ccc(NC(=O)c3cccc4cccnc34)cc2)C[C@H](C)O1. The van der Waals surface area contributed by atoms with Gasteiger partial charge in [-0.1, -0.05) is 18.2 Å². The molecule has 1 aliphatic rings. The zero-order valence-electron chi connectivity index (χ0n) is 16.8. The number of para-hydroxylation sites is 1. The van der Waals surface area contributed by atoms with Gasteiger partial charge >= 0.3 is 0 Å². The Labute approximate surface area is 175 Å². The fraction of sp³-hybridized carbons (Fsp3) is 0.273. The molecule has 3 aromatic rings. The van der Waals surface area contributed by atoms with Crippen LogP contribution in [0.1, 0.15) is 24.2 Å². The van der Waals surface area contributed by atoms with Gasteiger partial charge in [-0.05, 0) is 50.2 Å². The molecule has 0 saturated carbocycles. The van der Waals surface area contributed by atoms with E-state index >= 15 is 0 Å². The maximum Gasteiger partial charge on any atom is 0.257 e. The summed E-state index contributed by atoms with van der Waals surface area (Å²) in [6, 6.07) is 15.3. The standard InChI is InChI=1S/C22H23N3O4S/c1-15-13-25(14-16(2)29-15)30(27,28)19-10-8-18(9-11-19)24-22(26)20-7-3-5-17-6-4-12-23-21(17)20/h3-12,15-16H,13-14H2,1-2H3,(H,24,26)/t15-,16+. The Morgan fingerprint density at radius 1 is 1.03 bits per heavy atom. The number of hydrogen-bond donors (Lipinski definition) is 1. The molecule has 8 heteroatoms. The average Bonchev–Trinajstić information content (AvgIpc) is 2.73. The van der Waals surface area contributed by atoms with Gasteiger partial charge in [-0.15, -0.1) is 0 Å². The van der Waals surface area contributed by atoms with Crippen molar-refractivity contribution in [1.29, 1.82) is 0 Å². The highest BCUT2D eigenvalue weighted by Crippen LogP contribution is 2.23. The maximum atomic E-state index is 13.0. The van der Waals surface area contributed by atoms with E-state index in [9.17, 15) is 13.2 Å². The molecular formula is C22H23N3O4S. The molecule has 0 bridgehead atoms. The van der Waals surface area contributed by atoms with E-state index in [2.05, 4.69) is 10.3 Å². The second-order valence-corrected chi connectivity index (χ2v) is 9.38. The molecule has 30 heavy (non-hydrogen) atoms. The second kappa shape index (κ2) is 8.14. The fourth-order valence-corrected chi connectivity index (χ4v) is 5.26. The normalized spacial score (nSPS) is 20.2. The Balaban J connectivity index is 1.53. The third-order valence-electron chi connectivity index (χ3n) is 5.01. The van der Waals surface area contributed by atoms with Crippen LogP contribution in [0.4, 0.5) is 5.69 Å². The topological polar surface area (TPSA) is 88.6 Å². The van der Waals surface area contributed by atoms with Crippen LogP contribution in [0.5, 0.6) is 0 Å². The number of ether oxygens (including phenoxy) is 1. The van der Waals surface area contributed by atoms with Gasteiger partial charge in [-0.2, -0.15) is 4.31 Å². The Hall–Kier alpha value is -2.81. The van der Waals surface area contributed by atoms with Crippen molar-refractivity contribution < 1.29 is 17.9 Å². The van der Waals surface area contributed by atoms with Crippen LogP contribution in [-0.4, -0.2) is 48.9 Å². The Morgan fingerprint density at radius 3 is 2.40 bits per heavy atom. The van der Waals surface area contributed by atoms with Crippen molar-refractivity contribution in [2.45, 2.75) is 31.0 Å². The molecule has 0 unspecified atom stereocenters. The highest BCUT2D eigenvalue weighted by molar-refractivity contribution is 7.89. The number of nitrogens with one attached hydrogen (secondary N) is 1. The number of aromatic nitrogens is 1. The summed E-state index contributed by atoms with van der Waals surface area (Å²) in [7, 11) is -3.62. The van der Waals surface area contributed by atoms with Crippen LogP contribution in [0.3, 0.4) is 0 Å². The number of benzene rings is 2. The van der Waals surface area contributed by atoms with Crippen molar-refractivity contribution in [2.75, 3.05) is 18.4 Å². The number of fused-ring (bicyclic) bond motifs is 1. The number of nitrogens with zero attached hydrogens (tertiary/aromatic N) is 2. The van der Waals surface area contributed by atoms with Crippen LogP contribution in [0.15, 0.2) is 65.7 Å². The van der Waals surface area contributed by atoms with Crippen molar-refractivity contribution in [2.24, 2.45) is 0 Å². The molecule has 1 aliphatic heterocycles. The molecule has 1 aromatic heterocycles. The molecule has 1 N–H and O–H groups in total. The van der Waals surface area contributed by atoms with E-state index in [1.807, 2.05) is 32.0 Å². The summed E-state index contributed by atoms with van der Waals surface area (Å²) in [5, 5.41) is 3.69. The minimum atomic E-state index is -3.62. The third kappa shape index (κ3) is 4.07. The largest absolute Gasteiger partial charge is 0.373 e. The number of carbonyl (C=O) groups excluding carboxylic acids is 1. The minimum absolute atomic E-state index is 0.156. The van der Waals surface area contributed by atoms with E-state index in [0.29, 0.717) is 29.9 Å². The lowest BCUT2D eigenvalue weighted by atomic mass is 10.1. The number of amides is 1. The van der Waals surface area contributed by atoms with Crippen molar-refractivity contribution in [3.63, 3.8) is 0 Å². The summed E-state index contributed by atoms with van der Waals surface area (Å²) >= 11 is 0. The van der Waals surface area contributed by atoms with Gasteiger partial charge in [0.1, 0.15) is 0 Å². The molecule has 156 valence electrons. The summed E-state index contributed by atoms with van der Waals surface area (Å²) in [6.07, 6.45) is 1.33. The lowest BCUT2D eigenvalue weighted by molar-refractivity contribution is -0.0440. The van der Waals surface area contributed by atoms with Crippen LogP contribution in [0, 0.1) is 0 Å². The molecule has 2 heterocycles. The molecule has 7 nitrogen and oxygen atoms in total. The summed E-state index contributed by atoms with van der Waals surface area (Å²) in [6.45, 7) is 4.36. The molecule has 0 aliphatic carbocycles.